The lowest BCUT2D eigenvalue weighted by Crippen LogP contribution is -2.27. The van der Waals surface area contributed by atoms with Gasteiger partial charge in [0.05, 0.1) is 16.1 Å². The average Bonchev–Trinajstić information content (AvgIpc) is 3.24. The van der Waals surface area contributed by atoms with E-state index in [-0.39, 0.29) is 10.8 Å². The van der Waals surface area contributed by atoms with Gasteiger partial charge in [0.15, 0.2) is 0 Å². The standard InChI is InChI=1S/C20H19N3O3S/c24-20(22-19-7-3-6-18-17(19)5-4-12-21-18)15-8-10-16(11-9-15)27(25,26)23-13-1-2-14-23/h3-12H,1-2,13-14H2,(H,22,24). The van der Waals surface area contributed by atoms with Crippen molar-refractivity contribution in [2.45, 2.75) is 17.7 Å². The number of nitrogens with one attached hydrogen (secondary N) is 1. The largest absolute Gasteiger partial charge is 0.321 e. The minimum absolute atomic E-state index is 0.218. The Bertz CT molecular complexity index is 1080. The van der Waals surface area contributed by atoms with Crippen LogP contribution in [0.25, 0.3) is 10.9 Å². The van der Waals surface area contributed by atoms with Crippen molar-refractivity contribution in [3.63, 3.8) is 0 Å². The van der Waals surface area contributed by atoms with E-state index in [1.807, 2.05) is 30.3 Å². The number of fused-ring (bicyclic) bond motifs is 1. The quantitative estimate of drug-likeness (QED) is 0.752. The Morgan fingerprint density at radius 3 is 2.44 bits per heavy atom. The van der Waals surface area contributed by atoms with Crippen molar-refractivity contribution in [2.24, 2.45) is 0 Å². The van der Waals surface area contributed by atoms with Crippen LogP contribution in [-0.2, 0) is 10.0 Å². The highest BCUT2D eigenvalue weighted by molar-refractivity contribution is 7.89. The first-order chi connectivity index (χ1) is 13.1. The molecule has 1 aliphatic rings. The van der Waals surface area contributed by atoms with Crippen molar-refractivity contribution in [2.75, 3.05) is 18.4 Å². The number of hydrogen-bond donors (Lipinski definition) is 1. The van der Waals surface area contributed by atoms with Crippen molar-refractivity contribution in [1.82, 2.24) is 9.29 Å². The number of benzene rings is 2. The van der Waals surface area contributed by atoms with E-state index in [0.717, 1.165) is 23.7 Å². The summed E-state index contributed by atoms with van der Waals surface area (Å²) >= 11 is 0. The minimum Gasteiger partial charge on any atom is -0.321 e. The second kappa shape index (κ2) is 7.09. The maximum absolute atomic E-state index is 12.6. The van der Waals surface area contributed by atoms with Crippen LogP contribution in [-0.4, -0.2) is 36.7 Å². The Kier molecular flexibility index (Phi) is 4.63. The summed E-state index contributed by atoms with van der Waals surface area (Å²) in [7, 11) is -3.48. The molecule has 1 aliphatic heterocycles. The molecular formula is C20H19N3O3S. The van der Waals surface area contributed by atoms with Crippen LogP contribution < -0.4 is 5.32 Å². The number of pyridine rings is 1. The fourth-order valence-corrected chi connectivity index (χ4v) is 4.78. The normalized spacial score (nSPS) is 15.1. The molecule has 2 aromatic carbocycles. The topological polar surface area (TPSA) is 79.4 Å². The Hall–Kier alpha value is -2.77. The molecule has 0 saturated carbocycles. The van der Waals surface area contributed by atoms with Crippen LogP contribution in [0.3, 0.4) is 0 Å². The van der Waals surface area contributed by atoms with E-state index >= 15 is 0 Å². The van der Waals surface area contributed by atoms with Gasteiger partial charge in [0.25, 0.3) is 5.91 Å². The van der Waals surface area contributed by atoms with Crippen LogP contribution in [0.4, 0.5) is 5.69 Å². The molecule has 0 spiro atoms. The summed E-state index contributed by atoms with van der Waals surface area (Å²) in [6.45, 7) is 1.11. The summed E-state index contributed by atoms with van der Waals surface area (Å²) in [6, 6.07) is 15.3. The first-order valence-electron chi connectivity index (χ1n) is 8.81. The summed E-state index contributed by atoms with van der Waals surface area (Å²) in [5.41, 5.74) is 1.86. The molecule has 1 aromatic heterocycles. The molecule has 0 unspecified atom stereocenters. The van der Waals surface area contributed by atoms with E-state index in [4.69, 9.17) is 0 Å². The Morgan fingerprint density at radius 1 is 0.963 bits per heavy atom. The van der Waals surface area contributed by atoms with Crippen LogP contribution in [0.1, 0.15) is 23.2 Å². The molecule has 1 saturated heterocycles. The molecule has 1 amide bonds. The zero-order chi connectivity index (χ0) is 18.9. The number of hydrogen-bond acceptors (Lipinski definition) is 4. The zero-order valence-electron chi connectivity index (χ0n) is 14.6. The Morgan fingerprint density at radius 2 is 1.70 bits per heavy atom. The highest BCUT2D eigenvalue weighted by Gasteiger charge is 2.27. The lowest BCUT2D eigenvalue weighted by Gasteiger charge is -2.15. The third-order valence-corrected chi connectivity index (χ3v) is 6.63. The number of amides is 1. The van der Waals surface area contributed by atoms with E-state index in [0.29, 0.717) is 24.3 Å². The molecule has 4 rings (SSSR count). The number of anilines is 1. The summed E-state index contributed by atoms with van der Waals surface area (Å²) in [5, 5.41) is 3.72. The van der Waals surface area contributed by atoms with Gasteiger partial charge in [-0.1, -0.05) is 6.07 Å². The molecule has 7 heteroatoms. The van der Waals surface area contributed by atoms with Gasteiger partial charge >= 0.3 is 0 Å². The number of nitrogens with zero attached hydrogens (tertiary/aromatic N) is 2. The lowest BCUT2D eigenvalue weighted by molar-refractivity contribution is 0.102. The van der Waals surface area contributed by atoms with Crippen LogP contribution >= 0.6 is 0 Å². The summed E-state index contributed by atoms with van der Waals surface area (Å²) in [4.78, 5) is 17.1. The smallest absolute Gasteiger partial charge is 0.255 e. The third-order valence-electron chi connectivity index (χ3n) is 4.71. The number of rotatable bonds is 4. The molecule has 27 heavy (non-hydrogen) atoms. The van der Waals surface area contributed by atoms with Crippen molar-refractivity contribution in [3.8, 4) is 0 Å². The molecule has 0 radical (unpaired) electrons. The minimum atomic E-state index is -3.48. The SMILES string of the molecule is O=C(Nc1cccc2ncccc12)c1ccc(S(=O)(=O)N2CCCC2)cc1. The molecule has 0 aliphatic carbocycles. The van der Waals surface area contributed by atoms with E-state index in [9.17, 15) is 13.2 Å². The molecule has 1 fully saturated rings. The molecule has 1 N–H and O–H groups in total. The van der Waals surface area contributed by atoms with E-state index in [2.05, 4.69) is 10.3 Å². The van der Waals surface area contributed by atoms with Crippen LogP contribution in [0, 0.1) is 0 Å². The number of sulfonamides is 1. The van der Waals surface area contributed by atoms with Gasteiger partial charge in [-0.2, -0.15) is 4.31 Å². The molecular weight excluding hydrogens is 362 g/mol. The third kappa shape index (κ3) is 3.43. The molecule has 2 heterocycles. The van der Waals surface area contributed by atoms with Gasteiger partial charge in [-0.25, -0.2) is 8.42 Å². The summed E-state index contributed by atoms with van der Waals surface area (Å²) in [5.74, 6) is -0.295. The highest BCUT2D eigenvalue weighted by Crippen LogP contribution is 2.23. The molecule has 6 nitrogen and oxygen atoms in total. The van der Waals surface area contributed by atoms with Gasteiger partial charge in [0.1, 0.15) is 0 Å². The van der Waals surface area contributed by atoms with Gasteiger partial charge in [-0.05, 0) is 61.4 Å². The number of carbonyl (C=O) groups excluding carboxylic acids is 1. The number of aromatic nitrogens is 1. The fourth-order valence-electron chi connectivity index (χ4n) is 3.26. The van der Waals surface area contributed by atoms with E-state index in [1.54, 1.807) is 18.3 Å². The van der Waals surface area contributed by atoms with E-state index < -0.39 is 10.0 Å². The van der Waals surface area contributed by atoms with E-state index in [1.165, 1.54) is 16.4 Å². The van der Waals surface area contributed by atoms with Crippen molar-refractivity contribution >= 4 is 32.5 Å². The predicted molar refractivity (Wildman–Crippen MR) is 104 cm³/mol. The van der Waals surface area contributed by atoms with Crippen molar-refractivity contribution in [3.05, 3.63) is 66.4 Å². The van der Waals surface area contributed by atoms with Crippen LogP contribution in [0.5, 0.6) is 0 Å². The summed E-state index contributed by atoms with van der Waals surface area (Å²) < 4.78 is 26.6. The molecule has 0 bridgehead atoms. The predicted octanol–water partition coefficient (Wildman–Crippen LogP) is 3.27. The van der Waals surface area contributed by atoms with Gasteiger partial charge in [-0.3, -0.25) is 9.78 Å². The van der Waals surface area contributed by atoms with Crippen LogP contribution in [0.15, 0.2) is 65.7 Å². The van der Waals surface area contributed by atoms with Crippen LogP contribution in [0.2, 0.25) is 0 Å². The molecule has 3 aromatic rings. The van der Waals surface area contributed by atoms with Crippen molar-refractivity contribution < 1.29 is 13.2 Å². The second-order valence-electron chi connectivity index (χ2n) is 6.47. The maximum Gasteiger partial charge on any atom is 0.255 e. The first-order valence-corrected chi connectivity index (χ1v) is 10.2. The Balaban J connectivity index is 1.56. The van der Waals surface area contributed by atoms with Gasteiger partial charge in [0.2, 0.25) is 10.0 Å². The average molecular weight is 381 g/mol. The van der Waals surface area contributed by atoms with Gasteiger partial charge < -0.3 is 5.32 Å². The highest BCUT2D eigenvalue weighted by atomic mass is 32.2. The molecule has 0 atom stereocenters. The number of carbonyl (C=O) groups is 1. The monoisotopic (exact) mass is 381 g/mol. The van der Waals surface area contributed by atoms with Gasteiger partial charge in [-0.15, -0.1) is 0 Å². The zero-order valence-corrected chi connectivity index (χ0v) is 15.4. The Labute approximate surface area is 157 Å². The summed E-state index contributed by atoms with van der Waals surface area (Å²) in [6.07, 6.45) is 3.48. The second-order valence-corrected chi connectivity index (χ2v) is 8.40. The lowest BCUT2D eigenvalue weighted by atomic mass is 10.1. The molecule has 138 valence electrons. The maximum atomic E-state index is 12.6. The van der Waals surface area contributed by atoms with Gasteiger partial charge in [0, 0.05) is 30.2 Å². The fraction of sp³-hybridized carbons (Fsp3) is 0.200. The van der Waals surface area contributed by atoms with Crippen molar-refractivity contribution in [1.29, 1.82) is 0 Å². The first kappa shape index (κ1) is 17.6.